The highest BCUT2D eigenvalue weighted by atomic mass is 35.5. The zero-order chi connectivity index (χ0) is 17.5. The van der Waals surface area contributed by atoms with Gasteiger partial charge < -0.3 is 38.5 Å². The standard InChI is InChI=1S/C6H14N4O2.C6H14N2O2.ClH/c7-4(5(11)12)2-1-3-10-6(8)9;7-4-2-1-3-5(8)6(9)10;/h4H,1-3,7H2,(H,11,12)(H4,8,9,10);5H,1-4,7-8H2,(H,9,10);1H. The van der Waals surface area contributed by atoms with Gasteiger partial charge in [0.15, 0.2) is 5.96 Å². The van der Waals surface area contributed by atoms with Crippen LogP contribution in [0.1, 0.15) is 32.1 Å². The molecule has 0 saturated carbocycles. The number of unbranched alkanes of at least 4 members (excludes halogenated alkanes) is 1. The van der Waals surface area contributed by atoms with Crippen LogP contribution in [0.25, 0.3) is 0 Å². The fraction of sp³-hybridized carbons (Fsp3) is 0.750. The van der Waals surface area contributed by atoms with Crippen molar-refractivity contribution >= 4 is 30.3 Å². The molecule has 2 atom stereocenters. The van der Waals surface area contributed by atoms with Crippen molar-refractivity contribution in [3.05, 3.63) is 0 Å². The predicted molar refractivity (Wildman–Crippen MR) is 90.5 cm³/mol. The Balaban J connectivity index is -0.000000338. The second kappa shape index (κ2) is 16.7. The van der Waals surface area contributed by atoms with Gasteiger partial charge in [0.25, 0.3) is 0 Å². The zero-order valence-corrected chi connectivity index (χ0v) is 13.8. The molecule has 0 bridgehead atoms. The minimum absolute atomic E-state index is 0. The number of carboxylic acid groups (broad SMARTS) is 2. The SMILES string of the molecule is Cl.N=C(N)NCCCC(N)C(=O)O.NCCCCC(N)C(=O)O. The molecule has 0 aromatic rings. The van der Waals surface area contributed by atoms with Crippen molar-refractivity contribution < 1.29 is 19.8 Å². The molecular formula is C12H29ClN6O4. The molecule has 10 nitrogen and oxygen atoms in total. The lowest BCUT2D eigenvalue weighted by Crippen LogP contribution is -2.34. The van der Waals surface area contributed by atoms with Crippen LogP contribution in [0.2, 0.25) is 0 Å². The molecule has 12 N–H and O–H groups in total. The van der Waals surface area contributed by atoms with E-state index in [4.69, 9.17) is 38.6 Å². The molecule has 0 aliphatic rings. The Morgan fingerprint density at radius 2 is 1.43 bits per heavy atom. The summed E-state index contributed by atoms with van der Waals surface area (Å²) < 4.78 is 0. The van der Waals surface area contributed by atoms with Crippen LogP contribution >= 0.6 is 12.4 Å². The predicted octanol–water partition coefficient (Wildman–Crippen LogP) is -1.39. The molecular weight excluding hydrogens is 328 g/mol. The van der Waals surface area contributed by atoms with Crippen LogP contribution in [-0.2, 0) is 9.59 Å². The molecule has 138 valence electrons. The van der Waals surface area contributed by atoms with Gasteiger partial charge in [0.2, 0.25) is 0 Å². The van der Waals surface area contributed by atoms with Gasteiger partial charge in [-0.2, -0.15) is 0 Å². The van der Waals surface area contributed by atoms with E-state index < -0.39 is 24.0 Å². The van der Waals surface area contributed by atoms with E-state index in [1.807, 2.05) is 0 Å². The number of hydrogen-bond acceptors (Lipinski definition) is 6. The van der Waals surface area contributed by atoms with E-state index in [-0.39, 0.29) is 18.4 Å². The first kappa shape index (κ1) is 26.3. The van der Waals surface area contributed by atoms with Gasteiger partial charge >= 0.3 is 11.9 Å². The smallest absolute Gasteiger partial charge is 0.320 e. The molecule has 0 fully saturated rings. The summed E-state index contributed by atoms with van der Waals surface area (Å²) in [5.41, 5.74) is 20.6. The third-order valence-corrected chi connectivity index (χ3v) is 2.61. The second-order valence-electron chi connectivity index (χ2n) is 4.66. The first-order chi connectivity index (χ1) is 10.2. The van der Waals surface area contributed by atoms with Crippen LogP contribution < -0.4 is 28.3 Å². The third-order valence-electron chi connectivity index (χ3n) is 2.61. The number of nitrogens with two attached hydrogens (primary N) is 4. The molecule has 0 amide bonds. The highest BCUT2D eigenvalue weighted by Gasteiger charge is 2.10. The molecule has 11 heteroatoms. The Labute approximate surface area is 141 Å². The highest BCUT2D eigenvalue weighted by Crippen LogP contribution is 1.97. The number of rotatable bonds is 10. The van der Waals surface area contributed by atoms with Crippen molar-refractivity contribution in [3.8, 4) is 0 Å². The van der Waals surface area contributed by atoms with E-state index in [1.165, 1.54) is 0 Å². The summed E-state index contributed by atoms with van der Waals surface area (Å²) in [6.45, 7) is 1.09. The lowest BCUT2D eigenvalue weighted by molar-refractivity contribution is -0.139. The van der Waals surface area contributed by atoms with Crippen LogP contribution in [0.5, 0.6) is 0 Å². The number of hydrogen-bond donors (Lipinski definition) is 8. The van der Waals surface area contributed by atoms with E-state index in [0.29, 0.717) is 32.4 Å². The average Bonchev–Trinajstić information content (AvgIpc) is 2.43. The molecule has 0 spiro atoms. The van der Waals surface area contributed by atoms with Crippen molar-refractivity contribution in [3.63, 3.8) is 0 Å². The third kappa shape index (κ3) is 20.4. The Hall–Kier alpha value is -1.62. The normalized spacial score (nSPS) is 12.0. The van der Waals surface area contributed by atoms with Crippen LogP contribution in [0.4, 0.5) is 0 Å². The second-order valence-corrected chi connectivity index (χ2v) is 4.66. The van der Waals surface area contributed by atoms with Crippen molar-refractivity contribution in [2.45, 2.75) is 44.2 Å². The molecule has 0 radical (unpaired) electrons. The minimum Gasteiger partial charge on any atom is -0.480 e. The van der Waals surface area contributed by atoms with Crippen LogP contribution in [0, 0.1) is 5.41 Å². The van der Waals surface area contributed by atoms with Gasteiger partial charge in [-0.05, 0) is 32.2 Å². The maximum atomic E-state index is 10.2. The zero-order valence-electron chi connectivity index (χ0n) is 13.0. The van der Waals surface area contributed by atoms with E-state index in [9.17, 15) is 9.59 Å². The first-order valence-electron chi connectivity index (χ1n) is 6.97. The Morgan fingerprint density at radius 3 is 1.78 bits per heavy atom. The van der Waals surface area contributed by atoms with E-state index in [1.54, 1.807) is 0 Å². The summed E-state index contributed by atoms with van der Waals surface area (Å²) in [5.74, 6) is -2.05. The van der Waals surface area contributed by atoms with Crippen molar-refractivity contribution in [2.24, 2.45) is 22.9 Å². The summed E-state index contributed by atoms with van der Waals surface area (Å²) in [6, 6.07) is -1.54. The van der Waals surface area contributed by atoms with Crippen LogP contribution in [-0.4, -0.2) is 53.3 Å². The van der Waals surface area contributed by atoms with Crippen molar-refractivity contribution in [1.82, 2.24) is 5.32 Å². The fourth-order valence-corrected chi connectivity index (χ4v) is 1.30. The number of carboxylic acids is 2. The summed E-state index contributed by atoms with van der Waals surface area (Å²) in [7, 11) is 0. The molecule has 0 aromatic heterocycles. The Morgan fingerprint density at radius 1 is 1.00 bits per heavy atom. The first-order valence-corrected chi connectivity index (χ1v) is 6.97. The number of guanidine groups is 1. The molecule has 0 heterocycles. The summed E-state index contributed by atoms with van der Waals surface area (Å²) >= 11 is 0. The fourth-order valence-electron chi connectivity index (χ4n) is 1.30. The van der Waals surface area contributed by atoms with Gasteiger partial charge in [-0.1, -0.05) is 6.42 Å². The average molecular weight is 357 g/mol. The van der Waals surface area contributed by atoms with E-state index in [2.05, 4.69) is 5.32 Å². The number of carbonyl (C=O) groups is 2. The number of aliphatic carboxylic acids is 2. The maximum absolute atomic E-state index is 10.2. The van der Waals surface area contributed by atoms with Gasteiger partial charge in [-0.25, -0.2) is 0 Å². The largest absolute Gasteiger partial charge is 0.480 e. The molecule has 2 unspecified atom stereocenters. The lowest BCUT2D eigenvalue weighted by atomic mass is 10.1. The highest BCUT2D eigenvalue weighted by molar-refractivity contribution is 5.85. The summed E-state index contributed by atoms with van der Waals surface area (Å²) in [4.78, 5) is 20.4. The monoisotopic (exact) mass is 356 g/mol. The number of halogens is 1. The molecule has 0 aliphatic carbocycles. The molecule has 23 heavy (non-hydrogen) atoms. The molecule has 0 aromatic carbocycles. The molecule has 0 aliphatic heterocycles. The van der Waals surface area contributed by atoms with Gasteiger partial charge in [-0.15, -0.1) is 12.4 Å². The van der Waals surface area contributed by atoms with Gasteiger partial charge in [0.1, 0.15) is 12.1 Å². The van der Waals surface area contributed by atoms with Crippen LogP contribution in [0.15, 0.2) is 0 Å². The molecule has 0 rings (SSSR count). The van der Waals surface area contributed by atoms with Gasteiger partial charge in [-0.3, -0.25) is 15.0 Å². The quantitative estimate of drug-likeness (QED) is 0.131. The van der Waals surface area contributed by atoms with E-state index >= 15 is 0 Å². The minimum atomic E-state index is -1.00. The van der Waals surface area contributed by atoms with Crippen LogP contribution in [0.3, 0.4) is 0 Å². The summed E-state index contributed by atoms with van der Waals surface area (Å²) in [6.07, 6.45) is 3.14. The van der Waals surface area contributed by atoms with Crippen molar-refractivity contribution in [2.75, 3.05) is 13.1 Å². The maximum Gasteiger partial charge on any atom is 0.320 e. The van der Waals surface area contributed by atoms with E-state index in [0.717, 1.165) is 12.8 Å². The topological polar surface area (TPSA) is 215 Å². The lowest BCUT2D eigenvalue weighted by Gasteiger charge is -2.06. The summed E-state index contributed by atoms with van der Waals surface area (Å²) in [5, 5.41) is 26.0. The van der Waals surface area contributed by atoms with Gasteiger partial charge in [0, 0.05) is 6.54 Å². The molecule has 0 saturated heterocycles. The number of nitrogens with one attached hydrogen (secondary N) is 2. The van der Waals surface area contributed by atoms with Crippen molar-refractivity contribution in [1.29, 1.82) is 5.41 Å². The Bertz CT molecular complexity index is 346. The van der Waals surface area contributed by atoms with Gasteiger partial charge in [0.05, 0.1) is 0 Å². The Kier molecular flexibility index (Phi) is 19.1.